The van der Waals surface area contributed by atoms with E-state index in [2.05, 4.69) is 43.6 Å². The first-order valence-corrected chi connectivity index (χ1v) is 11.9. The zero-order valence-electron chi connectivity index (χ0n) is 16.7. The number of ether oxygens (including phenoxy) is 1. The number of benzene rings is 2. The van der Waals surface area contributed by atoms with Crippen LogP contribution in [0.1, 0.15) is 5.56 Å². The molecule has 0 aliphatic carbocycles. The van der Waals surface area contributed by atoms with Gasteiger partial charge in [0.05, 0.1) is 24.7 Å². The number of carbonyl (C=O) groups is 2. The van der Waals surface area contributed by atoms with Gasteiger partial charge in [-0.3, -0.25) is 14.5 Å². The largest absolute Gasteiger partial charge is 0.379 e. The molecule has 6 nitrogen and oxygen atoms in total. The van der Waals surface area contributed by atoms with Crippen molar-refractivity contribution in [3.05, 3.63) is 58.6 Å². The second-order valence-corrected chi connectivity index (χ2v) is 8.90. The molecular formula is C22H26BrN3O3S. The Labute approximate surface area is 189 Å². The van der Waals surface area contributed by atoms with Crippen molar-refractivity contribution in [2.75, 3.05) is 55.0 Å². The minimum atomic E-state index is -0.129. The van der Waals surface area contributed by atoms with Crippen LogP contribution in [0.4, 0.5) is 11.4 Å². The number of anilines is 2. The summed E-state index contributed by atoms with van der Waals surface area (Å²) in [6, 6.07) is 15.4. The second-order valence-electron chi connectivity index (χ2n) is 7.00. The van der Waals surface area contributed by atoms with Crippen LogP contribution < -0.4 is 10.6 Å². The van der Waals surface area contributed by atoms with Gasteiger partial charge in [0.1, 0.15) is 0 Å². The zero-order chi connectivity index (χ0) is 21.2. The molecule has 1 aliphatic heterocycles. The Morgan fingerprint density at radius 1 is 0.967 bits per heavy atom. The molecule has 1 aliphatic rings. The fourth-order valence-electron chi connectivity index (χ4n) is 3.06. The van der Waals surface area contributed by atoms with Gasteiger partial charge in [-0.25, -0.2) is 0 Å². The summed E-state index contributed by atoms with van der Waals surface area (Å²) >= 11 is 4.66. The molecule has 0 saturated carbocycles. The fraction of sp³-hybridized carbons (Fsp3) is 0.364. The molecule has 3 rings (SSSR count). The lowest BCUT2D eigenvalue weighted by molar-refractivity contribution is -0.114. The molecule has 1 heterocycles. The minimum Gasteiger partial charge on any atom is -0.379 e. The summed E-state index contributed by atoms with van der Waals surface area (Å²) in [4.78, 5) is 26.5. The molecule has 2 aromatic carbocycles. The zero-order valence-corrected chi connectivity index (χ0v) is 19.1. The Morgan fingerprint density at radius 2 is 1.63 bits per heavy atom. The third-order valence-corrected chi connectivity index (χ3v) is 6.06. The molecule has 2 aromatic rings. The third kappa shape index (κ3) is 8.10. The first-order valence-electron chi connectivity index (χ1n) is 9.90. The molecule has 0 atom stereocenters. The van der Waals surface area contributed by atoms with E-state index in [-0.39, 0.29) is 23.3 Å². The molecule has 0 spiro atoms. The highest BCUT2D eigenvalue weighted by molar-refractivity contribution is 9.10. The lowest BCUT2D eigenvalue weighted by atomic mass is 10.1. The Bertz CT molecular complexity index is 842. The van der Waals surface area contributed by atoms with E-state index in [9.17, 15) is 9.59 Å². The SMILES string of the molecule is O=C(CSCC(=O)Nc1cccc(Br)c1)Nc1ccc(CCN2CCOCC2)cc1. The topological polar surface area (TPSA) is 70.7 Å². The molecule has 8 heteroatoms. The summed E-state index contributed by atoms with van der Waals surface area (Å²) < 4.78 is 6.27. The van der Waals surface area contributed by atoms with E-state index in [1.807, 2.05) is 36.4 Å². The Balaban J connectivity index is 1.33. The highest BCUT2D eigenvalue weighted by atomic mass is 79.9. The maximum atomic E-state index is 12.1. The first-order chi connectivity index (χ1) is 14.6. The van der Waals surface area contributed by atoms with E-state index >= 15 is 0 Å². The number of halogens is 1. The van der Waals surface area contributed by atoms with Crippen LogP contribution in [0, 0.1) is 0 Å². The van der Waals surface area contributed by atoms with E-state index in [0.29, 0.717) is 0 Å². The molecule has 0 unspecified atom stereocenters. The number of thioether (sulfide) groups is 1. The van der Waals surface area contributed by atoms with Gasteiger partial charge >= 0.3 is 0 Å². The smallest absolute Gasteiger partial charge is 0.234 e. The van der Waals surface area contributed by atoms with Crippen molar-refractivity contribution < 1.29 is 14.3 Å². The van der Waals surface area contributed by atoms with Crippen LogP contribution in [-0.2, 0) is 20.7 Å². The molecule has 0 aromatic heterocycles. The van der Waals surface area contributed by atoms with Crippen molar-refractivity contribution in [1.82, 2.24) is 4.90 Å². The van der Waals surface area contributed by atoms with Crippen molar-refractivity contribution in [3.63, 3.8) is 0 Å². The first kappa shape index (κ1) is 22.8. The van der Waals surface area contributed by atoms with Gasteiger partial charge < -0.3 is 15.4 Å². The predicted molar refractivity (Wildman–Crippen MR) is 126 cm³/mol. The van der Waals surface area contributed by atoms with Crippen molar-refractivity contribution in [3.8, 4) is 0 Å². The quantitative estimate of drug-likeness (QED) is 0.560. The van der Waals surface area contributed by atoms with Crippen molar-refractivity contribution in [1.29, 1.82) is 0 Å². The molecule has 160 valence electrons. The summed E-state index contributed by atoms with van der Waals surface area (Å²) in [5.74, 6) is 0.206. The fourth-order valence-corrected chi connectivity index (χ4v) is 4.08. The Kier molecular flexibility index (Phi) is 9.20. The molecule has 0 radical (unpaired) electrons. The maximum Gasteiger partial charge on any atom is 0.234 e. The molecular weight excluding hydrogens is 466 g/mol. The number of carbonyl (C=O) groups excluding carboxylic acids is 2. The Hall–Kier alpha value is -1.87. The minimum absolute atomic E-state index is 0.115. The summed E-state index contributed by atoms with van der Waals surface area (Å²) in [6.45, 7) is 4.64. The maximum absolute atomic E-state index is 12.1. The van der Waals surface area contributed by atoms with Gasteiger partial charge in [0.15, 0.2) is 0 Å². The third-order valence-electron chi connectivity index (χ3n) is 4.63. The van der Waals surface area contributed by atoms with Gasteiger partial charge in [0.2, 0.25) is 11.8 Å². The number of nitrogens with zero attached hydrogens (tertiary/aromatic N) is 1. The van der Waals surface area contributed by atoms with Crippen LogP contribution in [0.25, 0.3) is 0 Å². The molecule has 30 heavy (non-hydrogen) atoms. The van der Waals surface area contributed by atoms with Gasteiger partial charge in [0.25, 0.3) is 0 Å². The highest BCUT2D eigenvalue weighted by Gasteiger charge is 2.10. The van der Waals surface area contributed by atoms with E-state index in [0.717, 1.165) is 55.1 Å². The van der Waals surface area contributed by atoms with E-state index in [4.69, 9.17) is 4.74 Å². The molecule has 1 saturated heterocycles. The van der Waals surface area contributed by atoms with Crippen molar-refractivity contribution in [2.45, 2.75) is 6.42 Å². The summed E-state index contributed by atoms with van der Waals surface area (Å²) in [5, 5.41) is 5.70. The summed E-state index contributed by atoms with van der Waals surface area (Å²) in [7, 11) is 0. The normalized spacial score (nSPS) is 14.3. The molecule has 1 fully saturated rings. The number of amides is 2. The van der Waals surface area contributed by atoms with Crippen LogP contribution >= 0.6 is 27.7 Å². The average Bonchev–Trinajstić information content (AvgIpc) is 2.74. The Morgan fingerprint density at radius 3 is 2.30 bits per heavy atom. The average molecular weight is 492 g/mol. The number of rotatable bonds is 9. The van der Waals surface area contributed by atoms with Crippen LogP contribution in [0.3, 0.4) is 0 Å². The van der Waals surface area contributed by atoms with Gasteiger partial charge in [0, 0.05) is 35.5 Å². The monoisotopic (exact) mass is 491 g/mol. The van der Waals surface area contributed by atoms with Gasteiger partial charge in [-0.2, -0.15) is 0 Å². The van der Waals surface area contributed by atoms with Gasteiger partial charge in [-0.05, 0) is 42.3 Å². The van der Waals surface area contributed by atoms with E-state index < -0.39 is 0 Å². The standard InChI is InChI=1S/C22H26BrN3O3S/c23-18-2-1-3-20(14-18)25-22(28)16-30-15-21(27)24-19-6-4-17(5-7-19)8-9-26-10-12-29-13-11-26/h1-7,14H,8-13,15-16H2,(H,24,27)(H,25,28). The van der Waals surface area contributed by atoms with Crippen LogP contribution in [-0.4, -0.2) is 61.1 Å². The molecule has 0 bridgehead atoms. The summed E-state index contributed by atoms with van der Waals surface area (Å²) in [6.07, 6.45) is 0.983. The summed E-state index contributed by atoms with van der Waals surface area (Å²) in [5.41, 5.74) is 2.75. The van der Waals surface area contributed by atoms with Crippen LogP contribution in [0.2, 0.25) is 0 Å². The molecule has 2 N–H and O–H groups in total. The number of morpholine rings is 1. The van der Waals surface area contributed by atoms with Crippen molar-refractivity contribution in [2.24, 2.45) is 0 Å². The van der Waals surface area contributed by atoms with Crippen molar-refractivity contribution >= 4 is 50.9 Å². The highest BCUT2D eigenvalue weighted by Crippen LogP contribution is 2.16. The van der Waals surface area contributed by atoms with Gasteiger partial charge in [-0.1, -0.05) is 34.1 Å². The predicted octanol–water partition coefficient (Wildman–Crippen LogP) is 3.63. The van der Waals surface area contributed by atoms with E-state index in [1.54, 1.807) is 0 Å². The van der Waals surface area contributed by atoms with E-state index in [1.165, 1.54) is 17.3 Å². The number of hydrogen-bond acceptors (Lipinski definition) is 5. The number of nitrogens with one attached hydrogen (secondary N) is 2. The molecule has 2 amide bonds. The number of hydrogen-bond donors (Lipinski definition) is 2. The van der Waals surface area contributed by atoms with Gasteiger partial charge in [-0.15, -0.1) is 11.8 Å². The lowest BCUT2D eigenvalue weighted by Crippen LogP contribution is -2.37. The second kappa shape index (κ2) is 12.1. The van der Waals surface area contributed by atoms with Crippen LogP contribution in [0.15, 0.2) is 53.0 Å². The lowest BCUT2D eigenvalue weighted by Gasteiger charge is -2.26. The van der Waals surface area contributed by atoms with Crippen LogP contribution in [0.5, 0.6) is 0 Å².